The molecule has 0 bridgehead atoms. The Balaban J connectivity index is 2.79. The van der Waals surface area contributed by atoms with Crippen LogP contribution in [0.3, 0.4) is 0 Å². The second kappa shape index (κ2) is 7.81. The molecule has 0 aromatic heterocycles. The van der Waals surface area contributed by atoms with Gasteiger partial charge in [0.2, 0.25) is 0 Å². The summed E-state index contributed by atoms with van der Waals surface area (Å²) < 4.78 is 10.1. The molecular formula is C14H20O6. The molecule has 6 heteroatoms. The van der Waals surface area contributed by atoms with Crippen LogP contribution >= 0.6 is 0 Å². The van der Waals surface area contributed by atoms with Crippen LogP contribution < -0.4 is 0 Å². The molecule has 0 aliphatic carbocycles. The van der Waals surface area contributed by atoms with E-state index in [1.165, 1.54) is 6.08 Å². The summed E-state index contributed by atoms with van der Waals surface area (Å²) in [6, 6.07) is 0. The summed E-state index contributed by atoms with van der Waals surface area (Å²) in [6.07, 6.45) is 2.20. The number of hydrogen-bond acceptors (Lipinski definition) is 6. The van der Waals surface area contributed by atoms with Crippen LogP contribution in [0, 0.1) is 0 Å². The van der Waals surface area contributed by atoms with Gasteiger partial charge in [0.25, 0.3) is 0 Å². The molecule has 1 aliphatic rings. The molecule has 6 nitrogen and oxygen atoms in total. The highest BCUT2D eigenvalue weighted by molar-refractivity contribution is 5.82. The van der Waals surface area contributed by atoms with Crippen LogP contribution in [0.2, 0.25) is 0 Å². The lowest BCUT2D eigenvalue weighted by Gasteiger charge is -2.19. The highest BCUT2D eigenvalue weighted by Crippen LogP contribution is 2.09. The number of hydrogen-bond donors (Lipinski definition) is 2. The van der Waals surface area contributed by atoms with Gasteiger partial charge < -0.3 is 19.7 Å². The Morgan fingerprint density at radius 1 is 1.05 bits per heavy atom. The zero-order valence-electron chi connectivity index (χ0n) is 11.6. The van der Waals surface area contributed by atoms with E-state index in [1.807, 2.05) is 0 Å². The first-order chi connectivity index (χ1) is 9.38. The number of aliphatic hydroxyl groups is 2. The van der Waals surface area contributed by atoms with Gasteiger partial charge in [-0.25, -0.2) is 9.59 Å². The average molecular weight is 284 g/mol. The minimum atomic E-state index is -1.22. The topological polar surface area (TPSA) is 93.1 Å². The Bertz CT molecular complexity index is 400. The third-order valence-electron chi connectivity index (χ3n) is 2.75. The van der Waals surface area contributed by atoms with Crippen LogP contribution in [0.5, 0.6) is 0 Å². The number of ether oxygens (including phenoxy) is 2. The molecule has 1 unspecified atom stereocenters. The Hall–Kier alpha value is -1.66. The molecule has 4 atom stereocenters. The van der Waals surface area contributed by atoms with Crippen molar-refractivity contribution >= 4 is 11.9 Å². The molecule has 0 aromatic rings. The molecule has 0 saturated carbocycles. The first-order valence-corrected chi connectivity index (χ1v) is 6.50. The van der Waals surface area contributed by atoms with Crippen molar-refractivity contribution in [3.8, 4) is 0 Å². The van der Waals surface area contributed by atoms with E-state index < -0.39 is 36.4 Å². The van der Waals surface area contributed by atoms with Crippen molar-refractivity contribution in [2.45, 2.75) is 51.1 Å². The van der Waals surface area contributed by atoms with Gasteiger partial charge in [-0.1, -0.05) is 6.08 Å². The molecule has 1 heterocycles. The van der Waals surface area contributed by atoms with E-state index in [-0.39, 0.29) is 6.42 Å². The summed E-state index contributed by atoms with van der Waals surface area (Å²) in [4.78, 5) is 22.9. The van der Waals surface area contributed by atoms with Gasteiger partial charge in [0, 0.05) is 25.0 Å². The summed E-state index contributed by atoms with van der Waals surface area (Å²) in [5.74, 6) is -1.14. The molecule has 0 aromatic carbocycles. The first kappa shape index (κ1) is 16.4. The van der Waals surface area contributed by atoms with E-state index >= 15 is 0 Å². The van der Waals surface area contributed by atoms with E-state index in [2.05, 4.69) is 0 Å². The van der Waals surface area contributed by atoms with E-state index in [0.717, 1.165) is 12.2 Å². The van der Waals surface area contributed by atoms with Crippen LogP contribution in [-0.2, 0) is 19.1 Å². The first-order valence-electron chi connectivity index (χ1n) is 6.50. The van der Waals surface area contributed by atoms with Gasteiger partial charge in [-0.15, -0.1) is 0 Å². The van der Waals surface area contributed by atoms with Crippen LogP contribution in [-0.4, -0.2) is 46.6 Å². The third kappa shape index (κ3) is 5.99. The number of rotatable bonds is 0. The van der Waals surface area contributed by atoms with Crippen molar-refractivity contribution in [3.05, 3.63) is 24.3 Å². The number of carbonyl (C=O) groups is 2. The largest absolute Gasteiger partial charge is 0.459 e. The number of aliphatic hydroxyl groups excluding tert-OH is 2. The van der Waals surface area contributed by atoms with Gasteiger partial charge in [0.05, 0.1) is 12.2 Å². The highest BCUT2D eigenvalue weighted by atomic mass is 16.5. The quantitative estimate of drug-likeness (QED) is 0.628. The minimum Gasteiger partial charge on any atom is -0.459 e. The van der Waals surface area contributed by atoms with Gasteiger partial charge in [-0.3, -0.25) is 0 Å². The molecular weight excluding hydrogens is 264 g/mol. The summed E-state index contributed by atoms with van der Waals surface area (Å²) in [5, 5.41) is 19.4. The molecule has 0 amide bonds. The number of cyclic esters (lactones) is 2. The molecule has 1 aliphatic heterocycles. The second-order valence-corrected chi connectivity index (χ2v) is 4.79. The summed E-state index contributed by atoms with van der Waals surface area (Å²) in [6.45, 7) is 3.30. The fraction of sp³-hybridized carbons (Fsp3) is 0.571. The smallest absolute Gasteiger partial charge is 0.330 e. The number of esters is 2. The number of carbonyl (C=O) groups excluding carboxylic acids is 2. The van der Waals surface area contributed by atoms with Crippen molar-refractivity contribution in [3.63, 3.8) is 0 Å². The molecule has 1 rings (SSSR count). The highest BCUT2D eigenvalue weighted by Gasteiger charge is 2.19. The monoisotopic (exact) mass is 284 g/mol. The van der Waals surface area contributed by atoms with Crippen molar-refractivity contribution in [2.75, 3.05) is 0 Å². The predicted molar refractivity (Wildman–Crippen MR) is 70.6 cm³/mol. The Morgan fingerprint density at radius 2 is 1.65 bits per heavy atom. The summed E-state index contributed by atoms with van der Waals surface area (Å²) in [7, 11) is 0. The summed E-state index contributed by atoms with van der Waals surface area (Å²) >= 11 is 0. The van der Waals surface area contributed by atoms with Crippen LogP contribution in [0.15, 0.2) is 24.3 Å². The van der Waals surface area contributed by atoms with Crippen molar-refractivity contribution in [2.24, 2.45) is 0 Å². The van der Waals surface area contributed by atoms with Gasteiger partial charge in [-0.05, 0) is 19.9 Å². The van der Waals surface area contributed by atoms with E-state index in [4.69, 9.17) is 9.47 Å². The Morgan fingerprint density at radius 3 is 2.35 bits per heavy atom. The normalized spacial score (nSPS) is 36.4. The molecule has 2 N–H and O–H groups in total. The van der Waals surface area contributed by atoms with Gasteiger partial charge in [0.1, 0.15) is 12.2 Å². The van der Waals surface area contributed by atoms with E-state index in [1.54, 1.807) is 19.9 Å². The van der Waals surface area contributed by atoms with Gasteiger partial charge >= 0.3 is 11.9 Å². The van der Waals surface area contributed by atoms with Gasteiger partial charge in [0.15, 0.2) is 0 Å². The van der Waals surface area contributed by atoms with Crippen LogP contribution in [0.25, 0.3) is 0 Å². The average Bonchev–Trinajstić information content (AvgIpc) is 2.34. The van der Waals surface area contributed by atoms with Crippen molar-refractivity contribution in [1.82, 2.24) is 0 Å². The lowest BCUT2D eigenvalue weighted by molar-refractivity contribution is -0.144. The molecule has 20 heavy (non-hydrogen) atoms. The zero-order chi connectivity index (χ0) is 15.1. The van der Waals surface area contributed by atoms with Crippen molar-refractivity contribution in [1.29, 1.82) is 0 Å². The SMILES string of the molecule is CC1C/C=C/C(=O)O[C@H](C)C[C@H](O)[C@H](O)/C=C/C(=O)O1. The molecule has 0 fully saturated rings. The Labute approximate surface area is 117 Å². The van der Waals surface area contributed by atoms with Crippen molar-refractivity contribution < 1.29 is 29.3 Å². The molecule has 112 valence electrons. The molecule has 0 spiro atoms. The Kier molecular flexibility index (Phi) is 6.41. The van der Waals surface area contributed by atoms with E-state index in [9.17, 15) is 19.8 Å². The maximum absolute atomic E-state index is 11.4. The fourth-order valence-corrected chi connectivity index (χ4v) is 1.71. The summed E-state index contributed by atoms with van der Waals surface area (Å²) in [5.41, 5.74) is 0. The molecule has 0 radical (unpaired) electrons. The lowest BCUT2D eigenvalue weighted by Crippen LogP contribution is -2.29. The fourth-order valence-electron chi connectivity index (χ4n) is 1.71. The lowest BCUT2D eigenvalue weighted by atomic mass is 10.1. The standard InChI is InChI=1S/C14H20O6/c1-9-4-3-5-13(17)20-10(2)8-12(16)11(15)6-7-14(18)19-9/h3,5-7,9-12,15-16H,4,8H2,1-2H3/b5-3+,7-6+/t9?,10-,11-,12+/m1/s1. The second-order valence-electron chi connectivity index (χ2n) is 4.79. The third-order valence-corrected chi connectivity index (χ3v) is 2.75. The molecule has 0 saturated heterocycles. The maximum atomic E-state index is 11.4. The van der Waals surface area contributed by atoms with Crippen LogP contribution in [0.4, 0.5) is 0 Å². The predicted octanol–water partition coefficient (Wildman–Crippen LogP) is 0.478. The van der Waals surface area contributed by atoms with Crippen LogP contribution in [0.1, 0.15) is 26.7 Å². The maximum Gasteiger partial charge on any atom is 0.330 e. The van der Waals surface area contributed by atoms with Gasteiger partial charge in [-0.2, -0.15) is 0 Å². The zero-order valence-corrected chi connectivity index (χ0v) is 11.6. The minimum absolute atomic E-state index is 0.0660. The van der Waals surface area contributed by atoms with E-state index in [0.29, 0.717) is 6.42 Å².